The molecule has 6 heteroatoms. The van der Waals surface area contributed by atoms with Gasteiger partial charge in [-0.3, -0.25) is 9.59 Å². The molecule has 0 saturated carbocycles. The number of rotatable bonds is 5. The van der Waals surface area contributed by atoms with Gasteiger partial charge in [-0.05, 0) is 45.0 Å². The Balaban J connectivity index is 1.41. The van der Waals surface area contributed by atoms with Crippen LogP contribution in [0.3, 0.4) is 0 Å². The Labute approximate surface area is 192 Å². The maximum atomic E-state index is 13.6. The third-order valence-electron chi connectivity index (χ3n) is 6.83. The average molecular weight is 441 g/mol. The van der Waals surface area contributed by atoms with Gasteiger partial charge in [0.05, 0.1) is 11.3 Å². The SMILES string of the molecule is O=C1c2ccccc2C(=O)c2c3c(cc(NCCCN4CCCC4)c21)OC1C=CC=CC1=[NH+]3. The maximum Gasteiger partial charge on any atom is 0.258 e. The lowest BCUT2D eigenvalue weighted by Gasteiger charge is -2.26. The first-order valence-corrected chi connectivity index (χ1v) is 11.7. The van der Waals surface area contributed by atoms with Gasteiger partial charge in [0.2, 0.25) is 17.6 Å². The number of likely N-dealkylation sites (tertiary alicyclic amines) is 1. The highest BCUT2D eigenvalue weighted by Gasteiger charge is 2.41. The number of hydrogen-bond acceptors (Lipinski definition) is 5. The number of allylic oxidation sites excluding steroid dienone is 2. The summed E-state index contributed by atoms with van der Waals surface area (Å²) in [5, 5.41) is 3.45. The van der Waals surface area contributed by atoms with Crippen LogP contribution in [0.1, 0.15) is 51.1 Å². The van der Waals surface area contributed by atoms with Gasteiger partial charge >= 0.3 is 0 Å². The molecule has 1 saturated heterocycles. The van der Waals surface area contributed by atoms with Gasteiger partial charge in [-0.15, -0.1) is 0 Å². The van der Waals surface area contributed by atoms with E-state index in [0.29, 0.717) is 39.4 Å². The van der Waals surface area contributed by atoms with Crippen LogP contribution in [0.2, 0.25) is 0 Å². The molecule has 33 heavy (non-hydrogen) atoms. The van der Waals surface area contributed by atoms with Crippen molar-refractivity contribution in [2.45, 2.75) is 25.4 Å². The quantitative estimate of drug-likeness (QED) is 0.596. The van der Waals surface area contributed by atoms with Gasteiger partial charge in [-0.1, -0.05) is 36.4 Å². The summed E-state index contributed by atoms with van der Waals surface area (Å²) in [6.07, 6.45) is 11.1. The summed E-state index contributed by atoms with van der Waals surface area (Å²) in [5.41, 5.74) is 3.83. The van der Waals surface area contributed by atoms with Crippen LogP contribution in [0.25, 0.3) is 0 Å². The van der Waals surface area contributed by atoms with E-state index in [1.165, 1.54) is 25.9 Å². The molecule has 6 nitrogen and oxygen atoms in total. The molecular formula is C27H26N3O3+. The second-order valence-corrected chi connectivity index (χ2v) is 8.94. The van der Waals surface area contributed by atoms with E-state index in [4.69, 9.17) is 4.74 Å². The highest BCUT2D eigenvalue weighted by Crippen LogP contribution is 2.41. The van der Waals surface area contributed by atoms with Crippen molar-refractivity contribution in [3.63, 3.8) is 0 Å². The highest BCUT2D eigenvalue weighted by atomic mass is 16.5. The van der Waals surface area contributed by atoms with Crippen molar-refractivity contribution in [1.29, 1.82) is 0 Å². The number of carbonyl (C=O) groups excluding carboxylic acids is 2. The van der Waals surface area contributed by atoms with E-state index in [1.807, 2.05) is 30.4 Å². The lowest BCUT2D eigenvalue weighted by molar-refractivity contribution is -0.362. The van der Waals surface area contributed by atoms with Crippen molar-refractivity contribution in [2.75, 3.05) is 31.5 Å². The molecule has 1 unspecified atom stereocenters. The molecule has 2 aliphatic heterocycles. The van der Waals surface area contributed by atoms with Crippen LogP contribution in [0.15, 0.2) is 54.6 Å². The third kappa shape index (κ3) is 3.42. The van der Waals surface area contributed by atoms with Crippen molar-refractivity contribution in [3.05, 3.63) is 76.9 Å². The fourth-order valence-electron chi connectivity index (χ4n) is 5.18. The predicted octanol–water partition coefficient (Wildman–Crippen LogP) is 2.40. The fraction of sp³-hybridized carbons (Fsp3) is 0.296. The van der Waals surface area contributed by atoms with Crippen molar-refractivity contribution < 1.29 is 19.3 Å². The minimum absolute atomic E-state index is 0.127. The molecule has 2 N–H and O–H groups in total. The van der Waals surface area contributed by atoms with E-state index in [0.717, 1.165) is 25.2 Å². The van der Waals surface area contributed by atoms with Gasteiger partial charge in [-0.2, -0.15) is 0 Å². The van der Waals surface area contributed by atoms with Crippen LogP contribution >= 0.6 is 0 Å². The minimum atomic E-state index is -0.231. The molecule has 2 aliphatic carbocycles. The first-order valence-electron chi connectivity index (χ1n) is 11.7. The predicted molar refractivity (Wildman–Crippen MR) is 127 cm³/mol. The minimum Gasteiger partial charge on any atom is -0.468 e. The molecule has 166 valence electrons. The Morgan fingerprint density at radius 1 is 1.03 bits per heavy atom. The number of ether oxygens (including phenoxy) is 1. The summed E-state index contributed by atoms with van der Waals surface area (Å²) in [4.78, 5) is 33.1. The van der Waals surface area contributed by atoms with Gasteiger partial charge in [-0.25, -0.2) is 4.99 Å². The zero-order valence-electron chi connectivity index (χ0n) is 18.4. The topological polar surface area (TPSA) is 72.6 Å². The van der Waals surface area contributed by atoms with Gasteiger partial charge in [0.25, 0.3) is 5.69 Å². The molecule has 6 rings (SSSR count). The van der Waals surface area contributed by atoms with Crippen LogP contribution in [0.5, 0.6) is 5.75 Å². The van der Waals surface area contributed by atoms with Gasteiger partial charge < -0.3 is 15.0 Å². The zero-order valence-corrected chi connectivity index (χ0v) is 18.4. The number of ketones is 2. The van der Waals surface area contributed by atoms with E-state index in [1.54, 1.807) is 24.3 Å². The summed E-state index contributed by atoms with van der Waals surface area (Å²) in [5.74, 6) is 0.311. The fourth-order valence-corrected chi connectivity index (χ4v) is 5.18. The van der Waals surface area contributed by atoms with E-state index in [2.05, 4.69) is 15.2 Å². The molecule has 4 aliphatic rings. The maximum absolute atomic E-state index is 13.6. The molecule has 2 heterocycles. The standard InChI is InChI=1S/C27H25N3O3/c31-26-17-8-1-2-9-18(17)27(32)24-23(26)20(28-12-7-15-30-13-5-6-14-30)16-22-25(24)29-19-10-3-4-11-21(19)33-22/h1-4,8-11,16,21,28H,5-7,12-15H2/p+1. The first kappa shape index (κ1) is 20.1. The lowest BCUT2D eigenvalue weighted by Crippen LogP contribution is -2.72. The van der Waals surface area contributed by atoms with Gasteiger partial charge in [0, 0.05) is 29.8 Å². The number of hydrogen-bond donors (Lipinski definition) is 2. The summed E-state index contributed by atoms with van der Waals surface area (Å²) >= 11 is 0. The molecule has 0 bridgehead atoms. The molecule has 1 atom stereocenters. The van der Waals surface area contributed by atoms with E-state index >= 15 is 0 Å². The average Bonchev–Trinajstić information content (AvgIpc) is 3.37. The van der Waals surface area contributed by atoms with Crippen LogP contribution in [0.4, 0.5) is 11.4 Å². The first-order chi connectivity index (χ1) is 16.2. The second-order valence-electron chi connectivity index (χ2n) is 8.94. The van der Waals surface area contributed by atoms with Crippen molar-refractivity contribution >= 4 is 28.7 Å². The summed E-state index contributed by atoms with van der Waals surface area (Å²) in [6, 6.07) is 8.93. The zero-order chi connectivity index (χ0) is 22.4. The third-order valence-corrected chi connectivity index (χ3v) is 6.83. The molecule has 2 aromatic rings. The monoisotopic (exact) mass is 440 g/mol. The van der Waals surface area contributed by atoms with Crippen LogP contribution in [-0.2, 0) is 0 Å². The Kier molecular flexibility index (Phi) is 4.95. The molecule has 0 aromatic heterocycles. The van der Waals surface area contributed by atoms with Crippen molar-refractivity contribution in [3.8, 4) is 5.75 Å². The van der Waals surface area contributed by atoms with E-state index in [-0.39, 0.29) is 17.7 Å². The summed E-state index contributed by atoms with van der Waals surface area (Å²) in [7, 11) is 0. The number of nitrogens with one attached hydrogen (secondary N) is 2. The van der Waals surface area contributed by atoms with Crippen LogP contribution in [-0.4, -0.2) is 54.5 Å². The molecule has 0 radical (unpaired) electrons. The number of anilines is 1. The normalized spacial score (nSPS) is 20.5. The van der Waals surface area contributed by atoms with Crippen molar-refractivity contribution in [1.82, 2.24) is 4.90 Å². The van der Waals surface area contributed by atoms with E-state index < -0.39 is 0 Å². The molecule has 0 spiro atoms. The molecule has 1 fully saturated rings. The Bertz CT molecular complexity index is 1250. The number of nitrogens with zero attached hydrogens (tertiary/aromatic N) is 1. The van der Waals surface area contributed by atoms with E-state index in [9.17, 15) is 9.59 Å². The summed E-state index contributed by atoms with van der Waals surface area (Å²) < 4.78 is 6.25. The molecule has 2 aromatic carbocycles. The Morgan fingerprint density at radius 2 is 1.79 bits per heavy atom. The Hall–Kier alpha value is -3.51. The number of fused-ring (bicyclic) bond motifs is 5. The largest absolute Gasteiger partial charge is 0.468 e. The summed E-state index contributed by atoms with van der Waals surface area (Å²) in [6.45, 7) is 4.09. The smallest absolute Gasteiger partial charge is 0.258 e. The molecular weight excluding hydrogens is 414 g/mol. The Morgan fingerprint density at radius 3 is 2.58 bits per heavy atom. The lowest BCUT2D eigenvalue weighted by atomic mass is 9.81. The molecule has 0 amide bonds. The number of carbonyl (C=O) groups is 2. The van der Waals surface area contributed by atoms with Gasteiger partial charge in [0.1, 0.15) is 5.56 Å². The number of benzene rings is 2. The van der Waals surface area contributed by atoms with Crippen molar-refractivity contribution in [2.24, 2.45) is 0 Å². The second kappa shape index (κ2) is 8.12. The highest BCUT2D eigenvalue weighted by molar-refractivity contribution is 6.32. The van der Waals surface area contributed by atoms with Gasteiger partial charge in [0.15, 0.2) is 11.5 Å². The van der Waals surface area contributed by atoms with Crippen LogP contribution in [0, 0.1) is 0 Å². The van der Waals surface area contributed by atoms with Crippen LogP contribution < -0.4 is 15.0 Å².